The molecule has 0 bridgehead atoms. The molecule has 0 spiro atoms. The van der Waals surface area contributed by atoms with E-state index in [1.807, 2.05) is 0 Å². The van der Waals surface area contributed by atoms with Gasteiger partial charge in [-0.15, -0.1) is 0 Å². The largest absolute Gasteiger partial charge is 0.504 e. The van der Waals surface area contributed by atoms with Crippen LogP contribution in [0.25, 0.3) is 0 Å². The predicted molar refractivity (Wildman–Crippen MR) is 57.9 cm³/mol. The van der Waals surface area contributed by atoms with Crippen LogP contribution in [-0.2, 0) is 4.79 Å². The Hall–Kier alpha value is -1.79. The molecule has 2 atom stereocenters. The molecule has 1 aromatic rings. The van der Waals surface area contributed by atoms with E-state index in [4.69, 9.17) is 9.84 Å². The first kappa shape index (κ1) is 13.3. The standard InChI is InChI=1S/C11H14O6/c1-2-17-8-5-6(3-4-7(8)12)9(13)10(14)11(15)16/h3-5,9-10,12-14H,2H2,1H3,(H,15,16). The summed E-state index contributed by atoms with van der Waals surface area (Å²) < 4.78 is 5.08. The fourth-order valence-electron chi connectivity index (χ4n) is 1.30. The van der Waals surface area contributed by atoms with Crippen molar-refractivity contribution in [3.05, 3.63) is 23.8 Å². The van der Waals surface area contributed by atoms with E-state index in [0.717, 1.165) is 0 Å². The first-order chi connectivity index (χ1) is 7.97. The van der Waals surface area contributed by atoms with Gasteiger partial charge in [0.05, 0.1) is 6.61 Å². The Labute approximate surface area is 97.7 Å². The van der Waals surface area contributed by atoms with Crippen molar-refractivity contribution in [3.8, 4) is 11.5 Å². The van der Waals surface area contributed by atoms with E-state index in [9.17, 15) is 20.1 Å². The summed E-state index contributed by atoms with van der Waals surface area (Å²) in [5, 5.41) is 36.7. The molecule has 0 aromatic heterocycles. The Kier molecular flexibility index (Phi) is 4.30. The number of carbonyl (C=O) groups is 1. The highest BCUT2D eigenvalue weighted by Crippen LogP contribution is 2.30. The molecule has 0 fully saturated rings. The molecule has 1 rings (SSSR count). The third-order valence-electron chi connectivity index (χ3n) is 2.18. The first-order valence-corrected chi connectivity index (χ1v) is 5.02. The second kappa shape index (κ2) is 5.51. The summed E-state index contributed by atoms with van der Waals surface area (Å²) in [6.07, 6.45) is -3.50. The van der Waals surface area contributed by atoms with Crippen molar-refractivity contribution < 1.29 is 30.0 Å². The third kappa shape index (κ3) is 3.08. The number of carboxylic acid groups (broad SMARTS) is 1. The van der Waals surface area contributed by atoms with Gasteiger partial charge in [0.15, 0.2) is 17.6 Å². The monoisotopic (exact) mass is 242 g/mol. The third-order valence-corrected chi connectivity index (χ3v) is 2.18. The molecular weight excluding hydrogens is 228 g/mol. The maximum atomic E-state index is 10.5. The van der Waals surface area contributed by atoms with Crippen LogP contribution in [-0.4, -0.2) is 39.1 Å². The van der Waals surface area contributed by atoms with Crippen LogP contribution in [0.1, 0.15) is 18.6 Å². The van der Waals surface area contributed by atoms with Crippen molar-refractivity contribution >= 4 is 5.97 Å². The molecule has 0 aliphatic heterocycles. The lowest BCUT2D eigenvalue weighted by molar-refractivity contribution is -0.153. The second-order valence-corrected chi connectivity index (χ2v) is 3.39. The number of hydrogen-bond acceptors (Lipinski definition) is 5. The molecule has 17 heavy (non-hydrogen) atoms. The molecule has 0 aliphatic carbocycles. The van der Waals surface area contributed by atoms with Crippen LogP contribution >= 0.6 is 0 Å². The van der Waals surface area contributed by atoms with Gasteiger partial charge in [-0.1, -0.05) is 6.07 Å². The lowest BCUT2D eigenvalue weighted by atomic mass is 10.0. The zero-order chi connectivity index (χ0) is 13.0. The van der Waals surface area contributed by atoms with Crippen molar-refractivity contribution in [3.63, 3.8) is 0 Å². The highest BCUT2D eigenvalue weighted by molar-refractivity contribution is 5.73. The maximum absolute atomic E-state index is 10.5. The molecule has 2 unspecified atom stereocenters. The average molecular weight is 242 g/mol. The molecule has 0 amide bonds. The maximum Gasteiger partial charge on any atom is 0.335 e. The van der Waals surface area contributed by atoms with Crippen LogP contribution in [0, 0.1) is 0 Å². The number of aliphatic carboxylic acids is 1. The number of aliphatic hydroxyl groups excluding tert-OH is 2. The summed E-state index contributed by atoms with van der Waals surface area (Å²) in [4.78, 5) is 10.5. The van der Waals surface area contributed by atoms with Gasteiger partial charge in [-0.25, -0.2) is 4.79 Å². The summed E-state index contributed by atoms with van der Waals surface area (Å²) >= 11 is 0. The highest BCUT2D eigenvalue weighted by Gasteiger charge is 2.25. The van der Waals surface area contributed by atoms with Gasteiger partial charge in [-0.3, -0.25) is 0 Å². The minimum absolute atomic E-state index is 0.118. The molecule has 4 N–H and O–H groups in total. The van der Waals surface area contributed by atoms with Crippen molar-refractivity contribution in [1.29, 1.82) is 0 Å². The molecule has 0 aliphatic rings. The van der Waals surface area contributed by atoms with Gasteiger partial charge in [0, 0.05) is 0 Å². The number of hydrogen-bond donors (Lipinski definition) is 4. The Morgan fingerprint density at radius 3 is 2.59 bits per heavy atom. The Morgan fingerprint density at radius 1 is 1.41 bits per heavy atom. The Balaban J connectivity index is 2.98. The van der Waals surface area contributed by atoms with E-state index in [2.05, 4.69) is 0 Å². The Bertz CT molecular complexity index is 403. The number of ether oxygens (including phenoxy) is 1. The first-order valence-electron chi connectivity index (χ1n) is 5.02. The van der Waals surface area contributed by atoms with Gasteiger partial charge in [0.1, 0.15) is 6.10 Å². The number of benzene rings is 1. The number of phenolic OH excluding ortho intramolecular Hbond substituents is 1. The molecule has 6 heteroatoms. The van der Waals surface area contributed by atoms with E-state index in [1.165, 1.54) is 18.2 Å². The smallest absolute Gasteiger partial charge is 0.335 e. The van der Waals surface area contributed by atoms with Crippen molar-refractivity contribution in [1.82, 2.24) is 0 Å². The zero-order valence-electron chi connectivity index (χ0n) is 9.20. The van der Waals surface area contributed by atoms with Gasteiger partial charge in [-0.2, -0.15) is 0 Å². The van der Waals surface area contributed by atoms with Gasteiger partial charge >= 0.3 is 5.97 Å². The van der Waals surface area contributed by atoms with Crippen LogP contribution < -0.4 is 4.74 Å². The van der Waals surface area contributed by atoms with Crippen molar-refractivity contribution in [2.75, 3.05) is 6.61 Å². The number of rotatable bonds is 5. The van der Waals surface area contributed by atoms with Crippen molar-refractivity contribution in [2.45, 2.75) is 19.1 Å². The van der Waals surface area contributed by atoms with Gasteiger partial charge in [-0.05, 0) is 24.6 Å². The summed E-state index contributed by atoms with van der Waals surface area (Å²) in [5.74, 6) is -1.52. The fraction of sp³-hybridized carbons (Fsp3) is 0.364. The molecule has 6 nitrogen and oxygen atoms in total. The number of phenols is 1. The molecule has 1 aromatic carbocycles. The lowest BCUT2D eigenvalue weighted by Gasteiger charge is -2.15. The fourth-order valence-corrected chi connectivity index (χ4v) is 1.30. The van der Waals surface area contributed by atoms with Crippen LogP contribution in [0.3, 0.4) is 0 Å². The van der Waals surface area contributed by atoms with E-state index in [0.29, 0.717) is 6.61 Å². The summed E-state index contributed by atoms with van der Waals surface area (Å²) in [7, 11) is 0. The molecule has 0 heterocycles. The predicted octanol–water partition coefficient (Wildman–Crippen LogP) is 0.270. The molecular formula is C11H14O6. The quantitative estimate of drug-likeness (QED) is 0.590. The van der Waals surface area contributed by atoms with Crippen LogP contribution in [0.4, 0.5) is 0 Å². The molecule has 94 valence electrons. The Morgan fingerprint density at radius 2 is 2.06 bits per heavy atom. The van der Waals surface area contributed by atoms with Gasteiger partial charge in [0.25, 0.3) is 0 Å². The summed E-state index contributed by atoms with van der Waals surface area (Å²) in [6.45, 7) is 2.03. The second-order valence-electron chi connectivity index (χ2n) is 3.39. The molecule has 0 radical (unpaired) electrons. The minimum Gasteiger partial charge on any atom is -0.504 e. The van der Waals surface area contributed by atoms with Crippen molar-refractivity contribution in [2.24, 2.45) is 0 Å². The minimum atomic E-state index is -1.92. The van der Waals surface area contributed by atoms with Gasteiger partial charge in [0.2, 0.25) is 0 Å². The van der Waals surface area contributed by atoms with Crippen LogP contribution in [0.5, 0.6) is 11.5 Å². The normalized spacial score (nSPS) is 14.1. The van der Waals surface area contributed by atoms with Gasteiger partial charge < -0.3 is 25.2 Å². The SMILES string of the molecule is CCOc1cc(C(O)C(O)C(=O)O)ccc1O. The lowest BCUT2D eigenvalue weighted by Crippen LogP contribution is -2.27. The number of carboxylic acids is 1. The summed E-state index contributed by atoms with van der Waals surface area (Å²) in [5.41, 5.74) is 0.154. The summed E-state index contributed by atoms with van der Waals surface area (Å²) in [6, 6.07) is 3.86. The highest BCUT2D eigenvalue weighted by atomic mass is 16.5. The zero-order valence-corrected chi connectivity index (χ0v) is 9.20. The van der Waals surface area contributed by atoms with Crippen LogP contribution in [0.2, 0.25) is 0 Å². The number of aliphatic hydroxyl groups is 2. The number of aromatic hydroxyl groups is 1. The van der Waals surface area contributed by atoms with Crippen LogP contribution in [0.15, 0.2) is 18.2 Å². The topological polar surface area (TPSA) is 107 Å². The molecule has 0 saturated heterocycles. The van der Waals surface area contributed by atoms with E-state index >= 15 is 0 Å². The molecule has 0 saturated carbocycles. The van der Waals surface area contributed by atoms with E-state index < -0.39 is 18.2 Å². The van der Waals surface area contributed by atoms with E-state index in [1.54, 1.807) is 6.92 Å². The average Bonchev–Trinajstić information content (AvgIpc) is 2.30. The van der Waals surface area contributed by atoms with E-state index in [-0.39, 0.29) is 17.1 Å².